The second-order valence-electron chi connectivity index (χ2n) is 25.3. The molecule has 0 bridgehead atoms. The molecule has 0 spiro atoms. The van der Waals surface area contributed by atoms with Gasteiger partial charge >= 0.3 is 0 Å². The SMILES string of the molecule is Cc1cc2c3c(c1)N(c1c(C)cc(C(C)(C)C)cc1C)c1cc4c(cc1B3c1ccc(-c3ccc(C(C)(C)C)cc3)cc1N2c1cc(-c2ccc(C(C)(C)C)cc2)cc(-c2ccc(C(C)(C)C)cc2)c1)OCO4. The maximum atomic E-state index is 6.25. The number of hydrogen-bond acceptors (Lipinski definition) is 4. The number of rotatable bonds is 5. The van der Waals surface area contributed by atoms with E-state index in [0.717, 1.165) is 22.9 Å². The van der Waals surface area contributed by atoms with Crippen molar-refractivity contribution in [3.63, 3.8) is 0 Å². The maximum Gasteiger partial charge on any atom is 0.252 e. The molecule has 3 aliphatic heterocycles. The Morgan fingerprint density at radius 2 is 0.795 bits per heavy atom. The Labute approximate surface area is 436 Å². The highest BCUT2D eigenvalue weighted by molar-refractivity contribution is 7.00. The molecule has 368 valence electrons. The molecule has 8 aromatic rings. The number of hydrogen-bond donors (Lipinski definition) is 0. The van der Waals surface area contributed by atoms with Crippen LogP contribution in [0.5, 0.6) is 11.5 Å². The van der Waals surface area contributed by atoms with Crippen molar-refractivity contribution < 1.29 is 9.47 Å². The molecule has 11 rings (SSSR count). The van der Waals surface area contributed by atoms with Gasteiger partial charge < -0.3 is 19.3 Å². The van der Waals surface area contributed by atoms with Gasteiger partial charge in [-0.1, -0.05) is 180 Å². The largest absolute Gasteiger partial charge is 0.454 e. The second-order valence-corrected chi connectivity index (χ2v) is 25.3. The topological polar surface area (TPSA) is 24.9 Å². The van der Waals surface area contributed by atoms with Gasteiger partial charge in [0.2, 0.25) is 6.79 Å². The normalized spacial score (nSPS) is 14.0. The van der Waals surface area contributed by atoms with E-state index in [9.17, 15) is 0 Å². The summed E-state index contributed by atoms with van der Waals surface area (Å²) in [7, 11) is 0. The summed E-state index contributed by atoms with van der Waals surface area (Å²) in [5, 5.41) is 0. The molecule has 73 heavy (non-hydrogen) atoms. The van der Waals surface area contributed by atoms with Crippen molar-refractivity contribution in [2.75, 3.05) is 16.6 Å². The summed E-state index contributed by atoms with van der Waals surface area (Å²) in [6, 6.07) is 56.3. The molecule has 0 fully saturated rings. The van der Waals surface area contributed by atoms with Gasteiger partial charge in [0.1, 0.15) is 0 Å². The molecule has 0 saturated carbocycles. The minimum Gasteiger partial charge on any atom is -0.454 e. The van der Waals surface area contributed by atoms with E-state index in [1.807, 2.05) is 0 Å². The van der Waals surface area contributed by atoms with Crippen LogP contribution in [-0.2, 0) is 21.7 Å². The number of ether oxygens (including phenoxy) is 2. The molecule has 0 aliphatic carbocycles. The van der Waals surface area contributed by atoms with Gasteiger partial charge in [0.15, 0.2) is 11.5 Å². The predicted molar refractivity (Wildman–Crippen MR) is 312 cm³/mol. The van der Waals surface area contributed by atoms with Crippen LogP contribution < -0.4 is 35.7 Å². The molecule has 0 amide bonds. The van der Waals surface area contributed by atoms with Crippen LogP contribution in [0.3, 0.4) is 0 Å². The molecule has 0 N–H and O–H groups in total. The third-order valence-corrected chi connectivity index (χ3v) is 15.7. The Balaban J connectivity index is 1.21. The number of aryl methyl sites for hydroxylation is 3. The van der Waals surface area contributed by atoms with E-state index in [2.05, 4.69) is 259 Å². The van der Waals surface area contributed by atoms with Crippen LogP contribution in [0.15, 0.2) is 146 Å². The molecule has 3 aliphatic rings. The monoisotopic (exact) mass is 959 g/mol. The van der Waals surface area contributed by atoms with Gasteiger partial charge in [-0.25, -0.2) is 0 Å². The Kier molecular flexibility index (Phi) is 11.3. The van der Waals surface area contributed by atoms with Crippen LogP contribution in [0.1, 0.15) is 122 Å². The lowest BCUT2D eigenvalue weighted by atomic mass is 9.33. The summed E-state index contributed by atoms with van der Waals surface area (Å²) in [6.07, 6.45) is 0. The highest BCUT2D eigenvalue weighted by Crippen LogP contribution is 2.50. The van der Waals surface area contributed by atoms with E-state index < -0.39 is 0 Å². The average Bonchev–Trinajstić information content (AvgIpc) is 3.80. The highest BCUT2D eigenvalue weighted by Gasteiger charge is 2.45. The Hall–Kier alpha value is -6.98. The quantitative estimate of drug-likeness (QED) is 0.161. The van der Waals surface area contributed by atoms with Crippen molar-refractivity contribution in [1.29, 1.82) is 0 Å². The van der Waals surface area contributed by atoms with Crippen LogP contribution in [0.4, 0.5) is 34.1 Å². The number of nitrogens with zero attached hydrogens (tertiary/aromatic N) is 2. The molecule has 0 aromatic heterocycles. The van der Waals surface area contributed by atoms with Crippen molar-refractivity contribution in [2.24, 2.45) is 0 Å². The zero-order valence-electron chi connectivity index (χ0n) is 45.9. The van der Waals surface area contributed by atoms with Crippen LogP contribution in [-0.4, -0.2) is 13.5 Å². The molecule has 0 saturated heterocycles. The predicted octanol–water partition coefficient (Wildman–Crippen LogP) is 16.6. The third kappa shape index (κ3) is 8.53. The van der Waals surface area contributed by atoms with Gasteiger partial charge in [-0.3, -0.25) is 0 Å². The Morgan fingerprint density at radius 1 is 0.370 bits per heavy atom. The van der Waals surface area contributed by atoms with Gasteiger partial charge in [-0.15, -0.1) is 0 Å². The molecule has 0 atom stereocenters. The summed E-state index contributed by atoms with van der Waals surface area (Å²) in [5.41, 5.74) is 26.9. The van der Waals surface area contributed by atoms with Crippen molar-refractivity contribution in [2.45, 2.75) is 126 Å². The van der Waals surface area contributed by atoms with Gasteiger partial charge in [0, 0.05) is 34.5 Å². The van der Waals surface area contributed by atoms with E-state index in [-0.39, 0.29) is 35.2 Å². The van der Waals surface area contributed by atoms with E-state index in [1.54, 1.807) is 0 Å². The minimum absolute atomic E-state index is 0.00178. The van der Waals surface area contributed by atoms with Crippen LogP contribution in [0.25, 0.3) is 33.4 Å². The first-order valence-corrected chi connectivity index (χ1v) is 26.3. The van der Waals surface area contributed by atoms with E-state index in [0.29, 0.717) is 0 Å². The Morgan fingerprint density at radius 3 is 1.27 bits per heavy atom. The number of anilines is 6. The van der Waals surface area contributed by atoms with Crippen molar-refractivity contribution in [3.05, 3.63) is 185 Å². The lowest BCUT2D eigenvalue weighted by Gasteiger charge is -2.45. The standard InChI is InChI=1S/C68H71BN2O2/c1-41-30-59-63-60(31-41)71(64-42(2)32-53(33-43(64)3)68(13,14)15)58-39-62-61(72-40-73-62)38-56(58)69(63)55-29-22-47(44-16-23-50(24-17-44)65(4,5)6)37-57(55)70(59)54-35-48(45-18-25-51(26-19-45)66(7,8)9)34-49(36-54)46-20-27-52(28-21-46)67(10,11)12/h16-39H,40H2,1-15H3. The maximum absolute atomic E-state index is 6.25. The van der Waals surface area contributed by atoms with E-state index in [4.69, 9.17) is 9.47 Å². The molecular weight excluding hydrogens is 888 g/mol. The van der Waals surface area contributed by atoms with Crippen molar-refractivity contribution >= 4 is 57.2 Å². The van der Waals surface area contributed by atoms with Crippen molar-refractivity contribution in [1.82, 2.24) is 0 Å². The zero-order chi connectivity index (χ0) is 51.7. The Bertz CT molecular complexity index is 3390. The van der Waals surface area contributed by atoms with Gasteiger partial charge in [0.05, 0.1) is 5.69 Å². The van der Waals surface area contributed by atoms with Gasteiger partial charge in [-0.05, 0) is 174 Å². The molecule has 4 nitrogen and oxygen atoms in total. The first-order valence-electron chi connectivity index (χ1n) is 26.3. The third-order valence-electron chi connectivity index (χ3n) is 15.7. The van der Waals surface area contributed by atoms with Crippen LogP contribution >= 0.6 is 0 Å². The van der Waals surface area contributed by atoms with Crippen molar-refractivity contribution in [3.8, 4) is 44.9 Å². The molecule has 0 unspecified atom stereocenters. The lowest BCUT2D eigenvalue weighted by Crippen LogP contribution is -2.61. The fourth-order valence-electron chi connectivity index (χ4n) is 11.5. The summed E-state index contributed by atoms with van der Waals surface area (Å²) in [5.74, 6) is 1.57. The van der Waals surface area contributed by atoms with Crippen LogP contribution in [0, 0.1) is 20.8 Å². The van der Waals surface area contributed by atoms with Gasteiger partial charge in [0.25, 0.3) is 6.71 Å². The number of benzene rings is 8. The summed E-state index contributed by atoms with van der Waals surface area (Å²) in [4.78, 5) is 5.13. The molecular formula is C68H71BN2O2. The van der Waals surface area contributed by atoms with E-state index in [1.165, 1.54) is 111 Å². The smallest absolute Gasteiger partial charge is 0.252 e. The second kappa shape index (κ2) is 17.1. The number of fused-ring (bicyclic) bond motifs is 5. The highest BCUT2D eigenvalue weighted by atomic mass is 16.7. The first kappa shape index (κ1) is 48.3. The zero-order valence-corrected chi connectivity index (χ0v) is 45.9. The average molecular weight is 959 g/mol. The summed E-state index contributed by atoms with van der Waals surface area (Å²) in [6.45, 7) is 34.4. The first-order chi connectivity index (χ1) is 34.4. The van der Waals surface area contributed by atoms with Gasteiger partial charge in [-0.2, -0.15) is 0 Å². The lowest BCUT2D eigenvalue weighted by molar-refractivity contribution is 0.174. The summed E-state index contributed by atoms with van der Waals surface area (Å²) >= 11 is 0. The van der Waals surface area contributed by atoms with E-state index >= 15 is 0 Å². The van der Waals surface area contributed by atoms with Crippen LogP contribution in [0.2, 0.25) is 0 Å². The minimum atomic E-state index is -0.0954. The molecule has 8 aromatic carbocycles. The molecule has 0 radical (unpaired) electrons. The fraction of sp³-hybridized carbons (Fsp3) is 0.294. The fourth-order valence-corrected chi connectivity index (χ4v) is 11.5. The molecule has 3 heterocycles. The summed E-state index contributed by atoms with van der Waals surface area (Å²) < 4.78 is 12.5. The molecule has 5 heteroatoms.